The van der Waals surface area contributed by atoms with Crippen molar-refractivity contribution in [1.82, 2.24) is 24.3 Å². The lowest BCUT2D eigenvalue weighted by atomic mass is 10.1. The number of hydrogen-bond donors (Lipinski definition) is 0. The van der Waals surface area contributed by atoms with E-state index in [1.165, 1.54) is 0 Å². The van der Waals surface area contributed by atoms with Crippen molar-refractivity contribution in [1.29, 1.82) is 0 Å². The lowest BCUT2D eigenvalue weighted by Crippen LogP contribution is -2.53. The molecule has 2 saturated heterocycles. The Hall–Kier alpha value is -2.83. The summed E-state index contributed by atoms with van der Waals surface area (Å²) in [5.74, 6) is 0.903. The third kappa shape index (κ3) is 2.86. The highest BCUT2D eigenvalue weighted by Crippen LogP contribution is 2.23. The number of urea groups is 1. The summed E-state index contributed by atoms with van der Waals surface area (Å²) in [6, 6.07) is 9.41. The number of benzene rings is 1. The van der Waals surface area contributed by atoms with E-state index >= 15 is 0 Å². The van der Waals surface area contributed by atoms with Crippen LogP contribution in [-0.4, -0.2) is 68.4 Å². The van der Waals surface area contributed by atoms with Crippen molar-refractivity contribution >= 4 is 11.9 Å². The summed E-state index contributed by atoms with van der Waals surface area (Å²) in [6.45, 7) is 2.87. The van der Waals surface area contributed by atoms with E-state index in [1.54, 1.807) is 6.20 Å². The van der Waals surface area contributed by atoms with Gasteiger partial charge in [0.05, 0.1) is 12.6 Å². The second-order valence-electron chi connectivity index (χ2n) is 6.58. The highest BCUT2D eigenvalue weighted by molar-refractivity contribution is 5.94. The number of carbonyl (C=O) groups is 2. The molecule has 4 rings (SSSR count). The van der Waals surface area contributed by atoms with E-state index in [0.29, 0.717) is 38.3 Å². The maximum Gasteiger partial charge on any atom is 0.320 e. The summed E-state index contributed by atoms with van der Waals surface area (Å²) < 4.78 is 1.93. The monoisotopic (exact) mass is 339 g/mol. The van der Waals surface area contributed by atoms with Gasteiger partial charge in [0.15, 0.2) is 0 Å². The minimum absolute atomic E-state index is 0.0373. The van der Waals surface area contributed by atoms with Crippen molar-refractivity contribution in [2.45, 2.75) is 12.6 Å². The van der Waals surface area contributed by atoms with Crippen molar-refractivity contribution in [2.75, 3.05) is 26.2 Å². The molecule has 25 heavy (non-hydrogen) atoms. The summed E-state index contributed by atoms with van der Waals surface area (Å²) in [5, 5.41) is 0. The number of nitrogens with zero attached hydrogens (tertiary/aromatic N) is 5. The molecule has 0 bridgehead atoms. The molecule has 0 aliphatic carbocycles. The molecular formula is C18H21N5O2. The lowest BCUT2D eigenvalue weighted by molar-refractivity contribution is 0.0617. The third-order valence-corrected chi connectivity index (χ3v) is 4.99. The first-order valence-corrected chi connectivity index (χ1v) is 8.49. The molecule has 0 unspecified atom stereocenters. The van der Waals surface area contributed by atoms with Gasteiger partial charge in [-0.2, -0.15) is 0 Å². The molecule has 0 saturated carbocycles. The molecule has 1 aromatic heterocycles. The number of imidazole rings is 1. The van der Waals surface area contributed by atoms with Crippen molar-refractivity contribution < 1.29 is 9.59 Å². The molecule has 2 aliphatic heterocycles. The summed E-state index contributed by atoms with van der Waals surface area (Å²) >= 11 is 0. The quantitative estimate of drug-likeness (QED) is 0.844. The van der Waals surface area contributed by atoms with Crippen LogP contribution in [0, 0.1) is 0 Å². The normalized spacial score (nSPS) is 20.1. The van der Waals surface area contributed by atoms with Crippen molar-refractivity contribution in [3.8, 4) is 0 Å². The molecule has 7 heteroatoms. The van der Waals surface area contributed by atoms with Crippen LogP contribution in [0.4, 0.5) is 4.79 Å². The van der Waals surface area contributed by atoms with Crippen molar-refractivity contribution in [3.05, 3.63) is 54.1 Å². The molecule has 0 N–H and O–H groups in total. The Morgan fingerprint density at radius 2 is 2.00 bits per heavy atom. The van der Waals surface area contributed by atoms with E-state index in [0.717, 1.165) is 5.82 Å². The largest absolute Gasteiger partial charge is 0.337 e. The average Bonchev–Trinajstić information content (AvgIpc) is 3.18. The SMILES string of the molecule is Cn1ccnc1CN1C[C@H]2CN(C(=O)c3ccccc3)CCN2C1=O. The van der Waals surface area contributed by atoms with Gasteiger partial charge in [-0.15, -0.1) is 0 Å². The number of fused-ring (bicyclic) bond motifs is 1. The van der Waals surface area contributed by atoms with Gasteiger partial charge in [-0.25, -0.2) is 9.78 Å². The fraction of sp³-hybridized carbons (Fsp3) is 0.389. The minimum atomic E-state index is 0.0373. The Morgan fingerprint density at radius 3 is 2.72 bits per heavy atom. The van der Waals surface area contributed by atoms with E-state index < -0.39 is 0 Å². The Kier molecular flexibility index (Phi) is 3.91. The Balaban J connectivity index is 1.44. The fourth-order valence-corrected chi connectivity index (χ4v) is 3.58. The van der Waals surface area contributed by atoms with Gasteiger partial charge in [0.2, 0.25) is 0 Å². The van der Waals surface area contributed by atoms with Crippen LogP contribution in [0.25, 0.3) is 0 Å². The summed E-state index contributed by atoms with van der Waals surface area (Å²) in [7, 11) is 1.93. The zero-order valence-corrected chi connectivity index (χ0v) is 14.2. The fourth-order valence-electron chi connectivity index (χ4n) is 3.58. The molecule has 2 aliphatic rings. The zero-order chi connectivity index (χ0) is 17.4. The van der Waals surface area contributed by atoms with E-state index in [4.69, 9.17) is 0 Å². The number of aryl methyl sites for hydroxylation is 1. The Labute approximate surface area is 146 Å². The number of piperazine rings is 1. The van der Waals surface area contributed by atoms with Gasteiger partial charge in [0, 0.05) is 51.2 Å². The van der Waals surface area contributed by atoms with Gasteiger partial charge < -0.3 is 19.3 Å². The number of hydrogen-bond acceptors (Lipinski definition) is 3. The Bertz CT molecular complexity index is 788. The number of aromatic nitrogens is 2. The van der Waals surface area contributed by atoms with Crippen LogP contribution in [-0.2, 0) is 13.6 Å². The first-order chi connectivity index (χ1) is 12.1. The van der Waals surface area contributed by atoms with Gasteiger partial charge >= 0.3 is 6.03 Å². The van der Waals surface area contributed by atoms with Crippen LogP contribution >= 0.6 is 0 Å². The van der Waals surface area contributed by atoms with Crippen LogP contribution in [0.2, 0.25) is 0 Å². The predicted molar refractivity (Wildman–Crippen MR) is 91.9 cm³/mol. The van der Waals surface area contributed by atoms with Gasteiger partial charge in [-0.3, -0.25) is 4.79 Å². The van der Waals surface area contributed by atoms with Gasteiger partial charge in [0.1, 0.15) is 5.82 Å². The molecule has 3 amide bonds. The van der Waals surface area contributed by atoms with Gasteiger partial charge in [-0.05, 0) is 12.1 Å². The number of rotatable bonds is 3. The second kappa shape index (κ2) is 6.23. The topological polar surface area (TPSA) is 61.7 Å². The first-order valence-electron chi connectivity index (χ1n) is 8.49. The highest BCUT2D eigenvalue weighted by Gasteiger charge is 2.41. The second-order valence-corrected chi connectivity index (χ2v) is 6.58. The molecule has 0 spiro atoms. The minimum Gasteiger partial charge on any atom is -0.337 e. The molecule has 1 atom stereocenters. The van der Waals surface area contributed by atoms with Crippen LogP contribution < -0.4 is 0 Å². The average molecular weight is 339 g/mol. The van der Waals surface area contributed by atoms with Crippen molar-refractivity contribution in [3.63, 3.8) is 0 Å². The molecule has 130 valence electrons. The third-order valence-electron chi connectivity index (χ3n) is 4.99. The summed E-state index contributed by atoms with van der Waals surface area (Å²) in [4.78, 5) is 35.1. The van der Waals surface area contributed by atoms with Crippen LogP contribution in [0.3, 0.4) is 0 Å². The molecule has 2 fully saturated rings. The van der Waals surface area contributed by atoms with Gasteiger partial charge in [-0.1, -0.05) is 18.2 Å². The number of carbonyl (C=O) groups excluding carboxylic acids is 2. The first kappa shape index (κ1) is 15.7. The Morgan fingerprint density at radius 1 is 1.20 bits per heavy atom. The zero-order valence-electron chi connectivity index (χ0n) is 14.2. The molecule has 2 aromatic rings. The van der Waals surface area contributed by atoms with Crippen LogP contribution in [0.5, 0.6) is 0 Å². The lowest BCUT2D eigenvalue weighted by Gasteiger charge is -2.36. The molecule has 3 heterocycles. The molecule has 7 nitrogen and oxygen atoms in total. The summed E-state index contributed by atoms with van der Waals surface area (Å²) in [5.41, 5.74) is 0.699. The smallest absolute Gasteiger partial charge is 0.320 e. The summed E-state index contributed by atoms with van der Waals surface area (Å²) in [6.07, 6.45) is 3.62. The van der Waals surface area contributed by atoms with Gasteiger partial charge in [0.25, 0.3) is 5.91 Å². The molecular weight excluding hydrogens is 318 g/mol. The maximum absolute atomic E-state index is 12.6. The van der Waals surface area contributed by atoms with Crippen molar-refractivity contribution in [2.24, 2.45) is 7.05 Å². The standard InChI is InChI=1S/C18H21N5O2/c1-20-8-7-19-16(20)13-22-12-15-11-21(9-10-23(15)18(22)25)17(24)14-5-3-2-4-6-14/h2-8,15H,9-13H2,1H3/t15-/m1/s1. The van der Waals surface area contributed by atoms with Crippen LogP contribution in [0.15, 0.2) is 42.7 Å². The van der Waals surface area contributed by atoms with Crippen LogP contribution in [0.1, 0.15) is 16.2 Å². The van der Waals surface area contributed by atoms with E-state index in [1.807, 2.05) is 62.8 Å². The molecule has 1 aromatic carbocycles. The van der Waals surface area contributed by atoms with E-state index in [9.17, 15) is 9.59 Å². The van der Waals surface area contributed by atoms with E-state index in [-0.39, 0.29) is 18.0 Å². The van der Waals surface area contributed by atoms with E-state index in [2.05, 4.69) is 4.98 Å². The maximum atomic E-state index is 12.6. The highest BCUT2D eigenvalue weighted by atomic mass is 16.2. The number of amides is 3. The predicted octanol–water partition coefficient (Wildman–Crippen LogP) is 1.18. The molecule has 0 radical (unpaired) electrons.